The molecule has 0 heterocycles. The van der Waals surface area contributed by atoms with E-state index in [1.54, 1.807) is 0 Å². The van der Waals surface area contributed by atoms with Gasteiger partial charge in [0.1, 0.15) is 0 Å². The van der Waals surface area contributed by atoms with Crippen molar-refractivity contribution in [1.82, 2.24) is 0 Å². The number of unbranched alkanes of at least 4 members (excludes halogenated alkanes) is 17. The lowest BCUT2D eigenvalue weighted by Crippen LogP contribution is -1.99. The third kappa shape index (κ3) is 24.3. The summed E-state index contributed by atoms with van der Waals surface area (Å²) in [6.07, 6.45) is 34.8. The minimum absolute atomic E-state index is 0.882. The molecule has 0 aromatic heterocycles. The van der Waals surface area contributed by atoms with Crippen LogP contribution in [-0.4, -0.2) is 0 Å². The van der Waals surface area contributed by atoms with Gasteiger partial charge in [-0.1, -0.05) is 163 Å². The van der Waals surface area contributed by atoms with E-state index in [1.807, 2.05) is 5.92 Å². The Balaban J connectivity index is 3.81. The van der Waals surface area contributed by atoms with E-state index in [0.29, 0.717) is 0 Å². The summed E-state index contributed by atoms with van der Waals surface area (Å²) in [7, 11) is 0. The van der Waals surface area contributed by atoms with Gasteiger partial charge in [0.05, 0.1) is 0 Å². The highest BCUT2D eigenvalue weighted by Crippen LogP contribution is 2.26. The molecule has 30 heavy (non-hydrogen) atoms. The number of rotatable bonds is 25. The maximum Gasteiger partial charge on any atom is -0.0241 e. The van der Waals surface area contributed by atoms with Crippen LogP contribution in [0.4, 0.5) is 0 Å². The molecule has 0 fully saturated rings. The minimum Gasteiger partial charge on any atom is -0.0654 e. The molecule has 0 saturated carbocycles. The number of hydrogen-bond acceptors (Lipinski definition) is 0. The third-order valence-electron chi connectivity index (χ3n) is 6.83. The minimum atomic E-state index is 0.882. The zero-order valence-corrected chi connectivity index (χ0v) is 22.0. The molecule has 0 heteroatoms. The second-order valence-corrected chi connectivity index (χ2v) is 10.5. The van der Waals surface area contributed by atoms with Crippen molar-refractivity contribution in [1.29, 1.82) is 0 Å². The average molecular weight is 422 g/mol. The molecule has 0 unspecified atom stereocenters. The highest BCUT2D eigenvalue weighted by atomic mass is 14.1. The smallest absolute Gasteiger partial charge is 0.0241 e. The fourth-order valence-electron chi connectivity index (χ4n) is 4.67. The van der Waals surface area contributed by atoms with Gasteiger partial charge in [-0.3, -0.25) is 0 Å². The monoisotopic (exact) mass is 421 g/mol. The maximum atomic E-state index is 2.36. The molecule has 0 rings (SSSR count). The van der Waals surface area contributed by atoms with Crippen molar-refractivity contribution in [3.8, 4) is 0 Å². The predicted octanol–water partition coefficient (Wildman–Crippen LogP) is 11.6. The molecule has 0 aliphatic carbocycles. The van der Waals surface area contributed by atoms with Gasteiger partial charge in [0.15, 0.2) is 0 Å². The molecular formula is C30H61. The Hall–Kier alpha value is 0. The first kappa shape index (κ1) is 30.0. The first-order valence-electron chi connectivity index (χ1n) is 14.5. The molecule has 0 aliphatic rings. The quantitative estimate of drug-likeness (QED) is 0.128. The van der Waals surface area contributed by atoms with Crippen molar-refractivity contribution in [2.45, 2.75) is 182 Å². The molecular weight excluding hydrogens is 360 g/mol. The van der Waals surface area contributed by atoms with Gasteiger partial charge in [-0.05, 0) is 31.1 Å². The van der Waals surface area contributed by atoms with Gasteiger partial charge in [-0.25, -0.2) is 0 Å². The summed E-state index contributed by atoms with van der Waals surface area (Å²) < 4.78 is 0. The van der Waals surface area contributed by atoms with Crippen molar-refractivity contribution in [2.75, 3.05) is 0 Å². The van der Waals surface area contributed by atoms with Crippen molar-refractivity contribution >= 4 is 0 Å². The first-order valence-corrected chi connectivity index (χ1v) is 14.5. The summed E-state index contributed by atoms with van der Waals surface area (Å²) in [5, 5.41) is 0. The van der Waals surface area contributed by atoms with Crippen LogP contribution in [0.15, 0.2) is 0 Å². The van der Waals surface area contributed by atoms with Crippen LogP contribution < -0.4 is 0 Å². The van der Waals surface area contributed by atoms with Crippen LogP contribution in [0.1, 0.15) is 182 Å². The van der Waals surface area contributed by atoms with Crippen LogP contribution in [0.5, 0.6) is 0 Å². The van der Waals surface area contributed by atoms with Gasteiger partial charge in [0.2, 0.25) is 0 Å². The molecule has 0 amide bonds. The van der Waals surface area contributed by atoms with E-state index >= 15 is 0 Å². The summed E-state index contributed by atoms with van der Waals surface area (Å²) in [6, 6.07) is 0. The molecule has 0 bridgehead atoms. The molecule has 0 nitrogen and oxygen atoms in total. The molecule has 181 valence electrons. The fourth-order valence-corrected chi connectivity index (χ4v) is 4.67. The fraction of sp³-hybridized carbons (Fsp3) is 0.967. The Morgan fingerprint density at radius 3 is 1.03 bits per heavy atom. The summed E-state index contributed by atoms with van der Waals surface area (Å²) in [5.74, 6) is 2.81. The van der Waals surface area contributed by atoms with Gasteiger partial charge < -0.3 is 0 Å². The van der Waals surface area contributed by atoms with Crippen LogP contribution in [0.25, 0.3) is 0 Å². The van der Waals surface area contributed by atoms with E-state index in [2.05, 4.69) is 27.7 Å². The van der Waals surface area contributed by atoms with Crippen molar-refractivity contribution in [3.05, 3.63) is 5.92 Å². The van der Waals surface area contributed by atoms with Gasteiger partial charge in [0, 0.05) is 0 Å². The Morgan fingerprint density at radius 1 is 0.400 bits per heavy atom. The van der Waals surface area contributed by atoms with Gasteiger partial charge in [0.25, 0.3) is 0 Å². The maximum absolute atomic E-state index is 2.36. The zero-order valence-electron chi connectivity index (χ0n) is 22.0. The van der Waals surface area contributed by atoms with Crippen LogP contribution in [0.3, 0.4) is 0 Å². The third-order valence-corrected chi connectivity index (χ3v) is 6.83. The largest absolute Gasteiger partial charge is 0.0654 e. The number of hydrogen-bond donors (Lipinski definition) is 0. The van der Waals surface area contributed by atoms with Gasteiger partial charge in [-0.2, -0.15) is 0 Å². The standard InChI is InChI=1S/C30H61/c1-5-7-9-11-13-15-17-19-23-27-30(28-24-20-21-25-29(3)4)26-22-18-16-14-12-10-8-6-2/h29H,5-28H2,1-4H3. The predicted molar refractivity (Wildman–Crippen MR) is 140 cm³/mol. The highest BCUT2D eigenvalue weighted by Gasteiger charge is 2.09. The van der Waals surface area contributed by atoms with Crippen molar-refractivity contribution in [3.63, 3.8) is 0 Å². The molecule has 0 saturated heterocycles. The molecule has 1 radical (unpaired) electrons. The van der Waals surface area contributed by atoms with E-state index in [0.717, 1.165) is 5.92 Å². The lowest BCUT2D eigenvalue weighted by Gasteiger charge is -2.17. The van der Waals surface area contributed by atoms with Crippen LogP contribution in [0, 0.1) is 11.8 Å². The molecule has 0 spiro atoms. The summed E-state index contributed by atoms with van der Waals surface area (Å²) in [4.78, 5) is 0. The summed E-state index contributed by atoms with van der Waals surface area (Å²) >= 11 is 0. The van der Waals surface area contributed by atoms with Crippen molar-refractivity contribution in [2.24, 2.45) is 5.92 Å². The lowest BCUT2D eigenvalue weighted by atomic mass is 9.89. The average Bonchev–Trinajstić information content (AvgIpc) is 2.73. The summed E-state index contributed by atoms with van der Waals surface area (Å²) in [6.45, 7) is 9.35. The Bertz CT molecular complexity index is 292. The van der Waals surface area contributed by atoms with Crippen LogP contribution >= 0.6 is 0 Å². The normalized spacial score (nSPS) is 11.8. The van der Waals surface area contributed by atoms with E-state index in [1.165, 1.54) is 154 Å². The molecule has 0 aromatic rings. The topological polar surface area (TPSA) is 0 Å². The van der Waals surface area contributed by atoms with E-state index in [-0.39, 0.29) is 0 Å². The summed E-state index contributed by atoms with van der Waals surface area (Å²) in [5.41, 5.74) is 0. The molecule has 0 aliphatic heterocycles. The van der Waals surface area contributed by atoms with Crippen LogP contribution in [-0.2, 0) is 0 Å². The highest BCUT2D eigenvalue weighted by molar-refractivity contribution is 4.89. The Kier molecular flexibility index (Phi) is 25.3. The second-order valence-electron chi connectivity index (χ2n) is 10.5. The van der Waals surface area contributed by atoms with E-state index in [4.69, 9.17) is 0 Å². The van der Waals surface area contributed by atoms with E-state index < -0.39 is 0 Å². The second kappa shape index (κ2) is 25.3. The first-order chi connectivity index (χ1) is 14.7. The Morgan fingerprint density at radius 2 is 0.700 bits per heavy atom. The molecule has 0 N–H and O–H groups in total. The van der Waals surface area contributed by atoms with Gasteiger partial charge >= 0.3 is 0 Å². The Labute approximate surface area is 193 Å². The zero-order chi connectivity index (χ0) is 22.1. The van der Waals surface area contributed by atoms with Gasteiger partial charge in [-0.15, -0.1) is 0 Å². The lowest BCUT2D eigenvalue weighted by molar-refractivity contribution is 0.492. The van der Waals surface area contributed by atoms with Crippen LogP contribution in [0.2, 0.25) is 0 Å². The van der Waals surface area contributed by atoms with Crippen molar-refractivity contribution < 1.29 is 0 Å². The van der Waals surface area contributed by atoms with E-state index in [9.17, 15) is 0 Å². The SMILES string of the molecule is CCCCCCCCCCC[C](CCCCCCCCCC)CCCCCC(C)C. The molecule has 0 atom stereocenters. The molecule has 0 aromatic carbocycles.